The summed E-state index contributed by atoms with van der Waals surface area (Å²) in [4.78, 5) is 18.7. The Morgan fingerprint density at radius 1 is 1.50 bits per heavy atom. The number of aromatic nitrogens is 2. The van der Waals surface area contributed by atoms with Crippen LogP contribution in [0.25, 0.3) is 0 Å². The van der Waals surface area contributed by atoms with Gasteiger partial charge in [-0.25, -0.2) is 14.8 Å². The third-order valence-corrected chi connectivity index (χ3v) is 2.59. The lowest BCUT2D eigenvalue weighted by Gasteiger charge is -2.21. The van der Waals surface area contributed by atoms with Gasteiger partial charge < -0.3 is 9.84 Å². The molecule has 2 heterocycles. The van der Waals surface area contributed by atoms with Crippen LogP contribution in [0.4, 0.5) is 0 Å². The van der Waals surface area contributed by atoms with Gasteiger partial charge in [0, 0.05) is 12.7 Å². The van der Waals surface area contributed by atoms with Gasteiger partial charge in [-0.15, -0.1) is 0 Å². The minimum absolute atomic E-state index is 0.0934. The Labute approximate surface area is 97.4 Å². The number of carbonyl (C=O) groups is 1. The summed E-state index contributed by atoms with van der Waals surface area (Å²) >= 11 is 5.74. The highest BCUT2D eigenvalue weighted by molar-refractivity contribution is 6.29. The first-order valence-electron chi connectivity index (χ1n) is 5.06. The first-order valence-corrected chi connectivity index (χ1v) is 5.44. The van der Waals surface area contributed by atoms with Crippen LogP contribution in [0.2, 0.25) is 5.15 Å². The van der Waals surface area contributed by atoms with Crippen molar-refractivity contribution in [2.24, 2.45) is 0 Å². The van der Waals surface area contributed by atoms with Gasteiger partial charge in [-0.2, -0.15) is 0 Å². The lowest BCUT2D eigenvalue weighted by atomic mass is 10.1. The molecular formula is C10H11ClN2O3. The lowest BCUT2D eigenvalue weighted by molar-refractivity contribution is 0.00926. The van der Waals surface area contributed by atoms with Crippen LogP contribution in [-0.4, -0.2) is 27.7 Å². The standard InChI is InChI=1S/C10H11ClN2O3/c11-8-5-6(10(14)15)12-9(13-8)7-3-1-2-4-16-7/h5,7H,1-4H2,(H,14,15). The van der Waals surface area contributed by atoms with Crippen molar-refractivity contribution in [1.82, 2.24) is 9.97 Å². The fraction of sp³-hybridized carbons (Fsp3) is 0.500. The molecule has 0 radical (unpaired) electrons. The van der Waals surface area contributed by atoms with Gasteiger partial charge in [-0.3, -0.25) is 0 Å². The zero-order valence-electron chi connectivity index (χ0n) is 8.52. The van der Waals surface area contributed by atoms with Gasteiger partial charge in [0.05, 0.1) is 0 Å². The second-order valence-electron chi connectivity index (χ2n) is 3.59. The molecule has 1 aromatic rings. The molecule has 1 atom stereocenters. The molecule has 0 amide bonds. The highest BCUT2D eigenvalue weighted by Crippen LogP contribution is 2.26. The van der Waals surface area contributed by atoms with E-state index in [0.29, 0.717) is 12.4 Å². The van der Waals surface area contributed by atoms with E-state index in [1.807, 2.05) is 0 Å². The van der Waals surface area contributed by atoms with Crippen molar-refractivity contribution >= 4 is 17.6 Å². The average molecular weight is 243 g/mol. The number of hydrogen-bond donors (Lipinski definition) is 1. The van der Waals surface area contributed by atoms with Gasteiger partial charge in [0.2, 0.25) is 0 Å². The fourth-order valence-corrected chi connectivity index (χ4v) is 1.82. The van der Waals surface area contributed by atoms with Crippen molar-refractivity contribution < 1.29 is 14.6 Å². The molecule has 1 saturated heterocycles. The monoisotopic (exact) mass is 242 g/mol. The smallest absolute Gasteiger partial charge is 0.354 e. The molecule has 0 spiro atoms. The number of rotatable bonds is 2. The molecule has 0 aromatic carbocycles. The Morgan fingerprint density at radius 2 is 2.31 bits per heavy atom. The molecule has 16 heavy (non-hydrogen) atoms. The number of nitrogens with zero attached hydrogens (tertiary/aromatic N) is 2. The molecule has 1 fully saturated rings. The van der Waals surface area contributed by atoms with E-state index >= 15 is 0 Å². The van der Waals surface area contributed by atoms with E-state index in [9.17, 15) is 4.79 Å². The molecule has 1 unspecified atom stereocenters. The Kier molecular flexibility index (Phi) is 3.36. The molecule has 0 aliphatic carbocycles. The number of hydrogen-bond acceptors (Lipinski definition) is 4. The molecule has 5 nitrogen and oxygen atoms in total. The Hall–Kier alpha value is -1.20. The quantitative estimate of drug-likeness (QED) is 0.804. The minimum atomic E-state index is -1.11. The second kappa shape index (κ2) is 4.76. The summed E-state index contributed by atoms with van der Waals surface area (Å²) < 4.78 is 5.48. The molecule has 1 aliphatic heterocycles. The summed E-state index contributed by atoms with van der Waals surface area (Å²) in [5.41, 5.74) is -0.0934. The van der Waals surface area contributed by atoms with E-state index in [-0.39, 0.29) is 17.0 Å². The maximum atomic E-state index is 10.8. The van der Waals surface area contributed by atoms with Crippen LogP contribution in [-0.2, 0) is 4.74 Å². The molecule has 0 saturated carbocycles. The van der Waals surface area contributed by atoms with Crippen LogP contribution < -0.4 is 0 Å². The Morgan fingerprint density at radius 3 is 2.94 bits per heavy atom. The van der Waals surface area contributed by atoms with E-state index in [0.717, 1.165) is 19.3 Å². The maximum Gasteiger partial charge on any atom is 0.354 e. The molecule has 0 bridgehead atoms. The van der Waals surface area contributed by atoms with Crippen molar-refractivity contribution in [2.75, 3.05) is 6.61 Å². The SMILES string of the molecule is O=C(O)c1cc(Cl)nc(C2CCCCO2)n1. The molecule has 6 heteroatoms. The number of carboxylic acids is 1. The van der Waals surface area contributed by atoms with Gasteiger partial charge in [-0.1, -0.05) is 11.6 Å². The van der Waals surface area contributed by atoms with Gasteiger partial charge in [0.1, 0.15) is 11.3 Å². The largest absolute Gasteiger partial charge is 0.477 e. The van der Waals surface area contributed by atoms with Crippen molar-refractivity contribution in [3.63, 3.8) is 0 Å². The number of aromatic carboxylic acids is 1. The summed E-state index contributed by atoms with van der Waals surface area (Å²) in [6, 6.07) is 1.23. The van der Waals surface area contributed by atoms with E-state index < -0.39 is 5.97 Å². The van der Waals surface area contributed by atoms with E-state index in [1.54, 1.807) is 0 Å². The molecule has 86 valence electrons. The zero-order valence-corrected chi connectivity index (χ0v) is 9.28. The second-order valence-corrected chi connectivity index (χ2v) is 3.98. The van der Waals surface area contributed by atoms with Crippen molar-refractivity contribution in [1.29, 1.82) is 0 Å². The van der Waals surface area contributed by atoms with Crippen LogP contribution in [0, 0.1) is 0 Å². The first-order chi connectivity index (χ1) is 7.66. The first kappa shape index (κ1) is 11.3. The van der Waals surface area contributed by atoms with Crippen LogP contribution >= 0.6 is 11.6 Å². The third-order valence-electron chi connectivity index (χ3n) is 2.40. The summed E-state index contributed by atoms with van der Waals surface area (Å²) in [7, 11) is 0. The third kappa shape index (κ3) is 2.48. The van der Waals surface area contributed by atoms with Gasteiger partial charge in [-0.05, 0) is 19.3 Å². The topological polar surface area (TPSA) is 72.3 Å². The van der Waals surface area contributed by atoms with Crippen LogP contribution in [0.15, 0.2) is 6.07 Å². The highest BCUT2D eigenvalue weighted by atomic mass is 35.5. The molecular weight excluding hydrogens is 232 g/mol. The van der Waals surface area contributed by atoms with E-state index in [2.05, 4.69) is 9.97 Å². The van der Waals surface area contributed by atoms with Crippen LogP contribution in [0.3, 0.4) is 0 Å². The summed E-state index contributed by atoms with van der Waals surface area (Å²) in [6.45, 7) is 0.656. The summed E-state index contributed by atoms with van der Waals surface area (Å²) in [5.74, 6) is -0.744. The van der Waals surface area contributed by atoms with E-state index in [1.165, 1.54) is 6.07 Å². The number of halogens is 1. The lowest BCUT2D eigenvalue weighted by Crippen LogP contribution is -2.16. The predicted octanol–water partition coefficient (Wildman–Crippen LogP) is 2.07. The van der Waals surface area contributed by atoms with E-state index in [4.69, 9.17) is 21.4 Å². The Balaban J connectivity index is 2.28. The maximum absolute atomic E-state index is 10.8. The van der Waals surface area contributed by atoms with Crippen LogP contribution in [0.1, 0.15) is 41.7 Å². The summed E-state index contributed by atoms with van der Waals surface area (Å²) in [6.07, 6.45) is 2.62. The fourth-order valence-electron chi connectivity index (χ4n) is 1.63. The van der Waals surface area contributed by atoms with Gasteiger partial charge in [0.15, 0.2) is 11.5 Å². The number of ether oxygens (including phenoxy) is 1. The Bertz CT molecular complexity index is 405. The van der Waals surface area contributed by atoms with Crippen molar-refractivity contribution in [2.45, 2.75) is 25.4 Å². The van der Waals surface area contributed by atoms with Crippen molar-refractivity contribution in [3.8, 4) is 0 Å². The predicted molar refractivity (Wildman–Crippen MR) is 56.5 cm³/mol. The van der Waals surface area contributed by atoms with Crippen LogP contribution in [0.5, 0.6) is 0 Å². The normalized spacial score (nSPS) is 20.7. The average Bonchev–Trinajstić information content (AvgIpc) is 2.29. The molecule has 2 rings (SSSR count). The minimum Gasteiger partial charge on any atom is -0.477 e. The highest BCUT2D eigenvalue weighted by Gasteiger charge is 2.21. The zero-order chi connectivity index (χ0) is 11.5. The van der Waals surface area contributed by atoms with Gasteiger partial charge in [0.25, 0.3) is 0 Å². The van der Waals surface area contributed by atoms with Crippen molar-refractivity contribution in [3.05, 3.63) is 22.7 Å². The van der Waals surface area contributed by atoms with Gasteiger partial charge >= 0.3 is 5.97 Å². The number of carboxylic acid groups (broad SMARTS) is 1. The molecule has 1 N–H and O–H groups in total. The molecule has 1 aliphatic rings. The molecule has 1 aromatic heterocycles. The summed E-state index contributed by atoms with van der Waals surface area (Å²) in [5, 5.41) is 8.98.